The monoisotopic (exact) mass is 307 g/mol. The molecule has 1 amide bonds. The van der Waals surface area contributed by atoms with Gasteiger partial charge in [0.2, 0.25) is 5.91 Å². The fraction of sp³-hybridized carbons (Fsp3) is 0.143. The first kappa shape index (κ1) is 14.7. The summed E-state index contributed by atoms with van der Waals surface area (Å²) >= 11 is 7.21. The number of halogens is 1. The molecule has 2 rings (SSSR count). The third kappa shape index (κ3) is 3.88. The van der Waals surface area contributed by atoms with Crippen molar-refractivity contribution < 1.29 is 4.79 Å². The smallest absolute Gasteiger partial charge is 0.237 e. The van der Waals surface area contributed by atoms with E-state index in [-0.39, 0.29) is 11.2 Å². The van der Waals surface area contributed by atoms with Gasteiger partial charge in [-0.05, 0) is 37.3 Å². The number of carbonyl (C=O) groups is 1. The van der Waals surface area contributed by atoms with Crippen LogP contribution in [0, 0.1) is 0 Å². The molecule has 0 bridgehead atoms. The zero-order valence-corrected chi connectivity index (χ0v) is 12.4. The lowest BCUT2D eigenvalue weighted by atomic mass is 10.2. The van der Waals surface area contributed by atoms with Gasteiger partial charge in [-0.1, -0.05) is 29.4 Å². The minimum Gasteiger partial charge on any atom is -0.397 e. The van der Waals surface area contributed by atoms with Crippen LogP contribution in [-0.2, 0) is 4.79 Å². The Morgan fingerprint density at radius 2 is 2.20 bits per heavy atom. The number of hydrogen-bond donors (Lipinski definition) is 2. The van der Waals surface area contributed by atoms with Crippen molar-refractivity contribution >= 4 is 40.6 Å². The maximum atomic E-state index is 12.1. The Morgan fingerprint density at radius 3 is 2.85 bits per heavy atom. The second-order valence-electron chi connectivity index (χ2n) is 4.15. The number of nitrogens with two attached hydrogens (primary N) is 1. The van der Waals surface area contributed by atoms with Gasteiger partial charge in [0.05, 0.1) is 21.7 Å². The fourth-order valence-corrected chi connectivity index (χ4v) is 2.52. The lowest BCUT2D eigenvalue weighted by Crippen LogP contribution is -2.23. The van der Waals surface area contributed by atoms with E-state index in [4.69, 9.17) is 17.3 Å². The summed E-state index contributed by atoms with van der Waals surface area (Å²) in [6.45, 7) is 1.82. The summed E-state index contributed by atoms with van der Waals surface area (Å²) < 4.78 is 0. The molecular weight excluding hydrogens is 294 g/mol. The van der Waals surface area contributed by atoms with Crippen molar-refractivity contribution in [1.82, 2.24) is 4.98 Å². The highest BCUT2D eigenvalue weighted by Gasteiger charge is 2.16. The van der Waals surface area contributed by atoms with Crippen LogP contribution in [0.4, 0.5) is 11.4 Å². The van der Waals surface area contributed by atoms with Crippen molar-refractivity contribution in [3.05, 3.63) is 47.6 Å². The van der Waals surface area contributed by atoms with Crippen LogP contribution in [0.15, 0.2) is 47.6 Å². The molecule has 0 aliphatic rings. The Morgan fingerprint density at radius 1 is 1.40 bits per heavy atom. The van der Waals surface area contributed by atoms with Crippen molar-refractivity contribution in [2.45, 2.75) is 17.2 Å². The molecule has 0 saturated heterocycles. The predicted molar refractivity (Wildman–Crippen MR) is 84.1 cm³/mol. The molecule has 2 aromatic rings. The number of carbonyl (C=O) groups excluding carboxylic acids is 1. The van der Waals surface area contributed by atoms with Gasteiger partial charge < -0.3 is 11.1 Å². The number of thioether (sulfide) groups is 1. The third-order valence-corrected chi connectivity index (χ3v) is 3.86. The molecule has 1 aromatic heterocycles. The maximum absolute atomic E-state index is 12.1. The average molecular weight is 308 g/mol. The van der Waals surface area contributed by atoms with E-state index in [0.29, 0.717) is 16.4 Å². The van der Waals surface area contributed by atoms with Gasteiger partial charge >= 0.3 is 0 Å². The molecule has 1 aromatic carbocycles. The number of nitrogens with zero attached hydrogens (tertiary/aromatic N) is 1. The number of amides is 1. The second kappa shape index (κ2) is 6.63. The number of aromatic nitrogens is 1. The first-order valence-electron chi connectivity index (χ1n) is 6.00. The lowest BCUT2D eigenvalue weighted by Gasteiger charge is -2.13. The van der Waals surface area contributed by atoms with Crippen molar-refractivity contribution in [2.24, 2.45) is 0 Å². The number of nitrogens with one attached hydrogen (secondary N) is 1. The predicted octanol–water partition coefficient (Wildman–Crippen LogP) is 3.44. The Bertz CT molecular complexity index is 607. The first-order valence-corrected chi connectivity index (χ1v) is 7.25. The maximum Gasteiger partial charge on any atom is 0.237 e. The highest BCUT2D eigenvalue weighted by atomic mass is 35.5. The summed E-state index contributed by atoms with van der Waals surface area (Å²) in [6, 6.07) is 10.6. The van der Waals surface area contributed by atoms with E-state index in [1.54, 1.807) is 24.4 Å². The van der Waals surface area contributed by atoms with Gasteiger partial charge in [0.25, 0.3) is 0 Å². The zero-order valence-electron chi connectivity index (χ0n) is 10.8. The molecular formula is C14H14ClN3OS. The number of hydrogen-bond acceptors (Lipinski definition) is 4. The molecule has 3 N–H and O–H groups in total. The molecule has 1 heterocycles. The SMILES string of the molecule is CC(Sc1ccccn1)C(=O)Nc1ccc(Cl)cc1N. The normalized spacial score (nSPS) is 11.9. The number of rotatable bonds is 4. The van der Waals surface area contributed by atoms with E-state index < -0.39 is 0 Å². The lowest BCUT2D eigenvalue weighted by molar-refractivity contribution is -0.115. The summed E-state index contributed by atoms with van der Waals surface area (Å²) in [5.74, 6) is -0.130. The van der Waals surface area contributed by atoms with Crippen LogP contribution in [0.5, 0.6) is 0 Å². The molecule has 0 saturated carbocycles. The van der Waals surface area contributed by atoms with Crippen molar-refractivity contribution in [1.29, 1.82) is 0 Å². The molecule has 1 atom stereocenters. The van der Waals surface area contributed by atoms with Crippen molar-refractivity contribution in [3.8, 4) is 0 Å². The molecule has 0 radical (unpaired) electrons. The Kier molecular flexibility index (Phi) is 4.87. The Balaban J connectivity index is 2.01. The van der Waals surface area contributed by atoms with Gasteiger partial charge in [-0.25, -0.2) is 4.98 Å². The van der Waals surface area contributed by atoms with Gasteiger partial charge in [-0.3, -0.25) is 4.79 Å². The molecule has 0 spiro atoms. The van der Waals surface area contributed by atoms with Crippen LogP contribution in [0.3, 0.4) is 0 Å². The Hall–Kier alpha value is -1.72. The van der Waals surface area contributed by atoms with Gasteiger partial charge in [0, 0.05) is 11.2 Å². The molecule has 6 heteroatoms. The molecule has 4 nitrogen and oxygen atoms in total. The van der Waals surface area contributed by atoms with Gasteiger partial charge in [-0.15, -0.1) is 0 Å². The highest BCUT2D eigenvalue weighted by molar-refractivity contribution is 8.00. The van der Waals surface area contributed by atoms with E-state index in [9.17, 15) is 4.79 Å². The zero-order chi connectivity index (χ0) is 14.5. The van der Waals surface area contributed by atoms with Crippen LogP contribution in [0.2, 0.25) is 5.02 Å². The van der Waals surface area contributed by atoms with Gasteiger partial charge in [0.1, 0.15) is 0 Å². The average Bonchev–Trinajstić information content (AvgIpc) is 2.43. The summed E-state index contributed by atoms with van der Waals surface area (Å²) in [4.78, 5) is 16.3. The molecule has 0 aliphatic heterocycles. The summed E-state index contributed by atoms with van der Waals surface area (Å²) in [6.07, 6.45) is 1.70. The number of pyridine rings is 1. The molecule has 0 aliphatic carbocycles. The number of nitrogen functional groups attached to an aromatic ring is 1. The van der Waals surface area contributed by atoms with Gasteiger partial charge in [0.15, 0.2) is 0 Å². The van der Waals surface area contributed by atoms with Crippen LogP contribution in [0.1, 0.15) is 6.92 Å². The van der Waals surface area contributed by atoms with Crippen LogP contribution in [-0.4, -0.2) is 16.1 Å². The second-order valence-corrected chi connectivity index (χ2v) is 5.95. The standard InChI is InChI=1S/C14H14ClN3OS/c1-9(20-13-4-2-3-7-17-13)14(19)18-12-6-5-10(15)8-11(12)16/h2-9H,16H2,1H3,(H,18,19). The first-order chi connectivity index (χ1) is 9.56. The van der Waals surface area contributed by atoms with Crippen molar-refractivity contribution in [2.75, 3.05) is 11.1 Å². The number of anilines is 2. The summed E-state index contributed by atoms with van der Waals surface area (Å²) in [5, 5.41) is 3.85. The summed E-state index contributed by atoms with van der Waals surface area (Å²) in [5.41, 5.74) is 6.81. The minimum absolute atomic E-state index is 0.130. The van der Waals surface area contributed by atoms with E-state index in [1.807, 2.05) is 25.1 Å². The highest BCUT2D eigenvalue weighted by Crippen LogP contribution is 2.25. The quantitative estimate of drug-likeness (QED) is 0.670. The molecule has 104 valence electrons. The molecule has 20 heavy (non-hydrogen) atoms. The van der Waals surface area contributed by atoms with Crippen LogP contribution >= 0.6 is 23.4 Å². The Labute approximate surface area is 126 Å². The van der Waals surface area contributed by atoms with Crippen LogP contribution < -0.4 is 11.1 Å². The van der Waals surface area contributed by atoms with E-state index >= 15 is 0 Å². The van der Waals surface area contributed by atoms with E-state index in [1.165, 1.54) is 11.8 Å². The molecule has 1 unspecified atom stereocenters. The van der Waals surface area contributed by atoms with E-state index in [0.717, 1.165) is 5.03 Å². The molecule has 0 fully saturated rings. The largest absolute Gasteiger partial charge is 0.397 e. The van der Waals surface area contributed by atoms with E-state index in [2.05, 4.69) is 10.3 Å². The topological polar surface area (TPSA) is 68.0 Å². The van der Waals surface area contributed by atoms with Gasteiger partial charge in [-0.2, -0.15) is 0 Å². The van der Waals surface area contributed by atoms with Crippen LogP contribution in [0.25, 0.3) is 0 Å². The fourth-order valence-electron chi connectivity index (χ4n) is 1.53. The summed E-state index contributed by atoms with van der Waals surface area (Å²) in [7, 11) is 0. The minimum atomic E-state index is -0.278. The van der Waals surface area contributed by atoms with Crippen molar-refractivity contribution in [3.63, 3.8) is 0 Å². The third-order valence-electron chi connectivity index (χ3n) is 2.58. The number of benzene rings is 1.